The third kappa shape index (κ3) is 2.99. The van der Waals surface area contributed by atoms with E-state index in [0.29, 0.717) is 5.56 Å². The summed E-state index contributed by atoms with van der Waals surface area (Å²) in [5, 5.41) is 8.55. The van der Waals surface area contributed by atoms with Crippen LogP contribution in [0.1, 0.15) is 34.2 Å². The molecular weight excluding hydrogens is 288 g/mol. The van der Waals surface area contributed by atoms with Gasteiger partial charge in [0.25, 0.3) is 5.91 Å². The summed E-state index contributed by atoms with van der Waals surface area (Å²) in [5.74, 6) is -0.0419. The largest absolute Gasteiger partial charge is 0.361 e. The van der Waals surface area contributed by atoms with Gasteiger partial charge < -0.3 is 10.3 Å². The molecule has 3 aromatic rings. The summed E-state index contributed by atoms with van der Waals surface area (Å²) in [4.78, 5) is 15.6. The van der Waals surface area contributed by atoms with Crippen LogP contribution in [0.5, 0.6) is 0 Å². The van der Waals surface area contributed by atoms with Crippen molar-refractivity contribution in [2.75, 3.05) is 0 Å². The second-order valence-corrected chi connectivity index (χ2v) is 6.13. The summed E-state index contributed by atoms with van der Waals surface area (Å²) in [5.41, 5.74) is 5.11. The van der Waals surface area contributed by atoms with Crippen molar-refractivity contribution in [2.24, 2.45) is 7.05 Å². The fourth-order valence-corrected chi connectivity index (χ4v) is 2.97. The minimum atomic E-state index is -0.0419. The van der Waals surface area contributed by atoms with Crippen molar-refractivity contribution in [1.82, 2.24) is 20.1 Å². The topological polar surface area (TPSA) is 62.7 Å². The molecule has 0 aliphatic rings. The number of amides is 1. The third-order valence-corrected chi connectivity index (χ3v) is 4.36. The fraction of sp³-hybridized carbons (Fsp3) is 0.333. The number of rotatable bonds is 4. The van der Waals surface area contributed by atoms with Gasteiger partial charge in [0, 0.05) is 41.4 Å². The Kier molecular flexibility index (Phi) is 3.94. The number of nitrogens with one attached hydrogen (secondary N) is 2. The van der Waals surface area contributed by atoms with E-state index in [1.54, 1.807) is 0 Å². The first-order chi connectivity index (χ1) is 11.0. The van der Waals surface area contributed by atoms with E-state index in [0.717, 1.165) is 28.7 Å². The monoisotopic (exact) mass is 310 g/mol. The highest BCUT2D eigenvalue weighted by atomic mass is 16.1. The Morgan fingerprint density at radius 1 is 1.35 bits per heavy atom. The third-order valence-electron chi connectivity index (χ3n) is 4.36. The molecule has 5 nitrogen and oxygen atoms in total. The smallest absolute Gasteiger partial charge is 0.251 e. The molecule has 0 aliphatic heterocycles. The number of hydrogen-bond donors (Lipinski definition) is 2. The molecular formula is C18H22N4O. The molecule has 2 aromatic heterocycles. The summed E-state index contributed by atoms with van der Waals surface area (Å²) in [7, 11) is 1.95. The first kappa shape index (κ1) is 15.3. The van der Waals surface area contributed by atoms with E-state index in [4.69, 9.17) is 0 Å². The highest BCUT2D eigenvalue weighted by Gasteiger charge is 2.15. The molecule has 1 aromatic carbocycles. The number of aromatic nitrogens is 3. The number of nitrogens with zero attached hydrogens (tertiary/aromatic N) is 2. The van der Waals surface area contributed by atoms with E-state index in [1.165, 1.54) is 5.56 Å². The number of aryl methyl sites for hydroxylation is 2. The lowest BCUT2D eigenvalue weighted by molar-refractivity contribution is 0.0940. The van der Waals surface area contributed by atoms with Crippen molar-refractivity contribution in [3.63, 3.8) is 0 Å². The van der Waals surface area contributed by atoms with Crippen molar-refractivity contribution < 1.29 is 4.79 Å². The van der Waals surface area contributed by atoms with E-state index < -0.39 is 0 Å². The number of benzene rings is 1. The van der Waals surface area contributed by atoms with Gasteiger partial charge in [-0.15, -0.1) is 0 Å². The van der Waals surface area contributed by atoms with E-state index >= 15 is 0 Å². The molecule has 0 bridgehead atoms. The molecule has 2 heterocycles. The fourth-order valence-electron chi connectivity index (χ4n) is 2.97. The van der Waals surface area contributed by atoms with Crippen molar-refractivity contribution >= 4 is 16.8 Å². The highest BCUT2D eigenvalue weighted by molar-refractivity contribution is 5.98. The number of fused-ring (bicyclic) bond motifs is 1. The Hall–Kier alpha value is -2.56. The van der Waals surface area contributed by atoms with Crippen LogP contribution in [0.4, 0.5) is 0 Å². The lowest BCUT2D eigenvalue weighted by atomic mass is 10.0. The summed E-state index contributed by atoms with van der Waals surface area (Å²) in [6.45, 7) is 6.10. The predicted molar refractivity (Wildman–Crippen MR) is 91.6 cm³/mol. The molecule has 1 amide bonds. The second-order valence-electron chi connectivity index (χ2n) is 6.13. The zero-order chi connectivity index (χ0) is 16.6. The van der Waals surface area contributed by atoms with Crippen molar-refractivity contribution in [2.45, 2.75) is 33.2 Å². The zero-order valence-corrected chi connectivity index (χ0v) is 14.0. The molecule has 0 saturated heterocycles. The number of aromatic amines is 1. The summed E-state index contributed by atoms with van der Waals surface area (Å²) >= 11 is 0. The van der Waals surface area contributed by atoms with Gasteiger partial charge >= 0.3 is 0 Å². The standard InChI is InChI=1S/C18H22N4O/c1-11(9-16-12(2)21-22(4)13(16)3)20-18(23)15-5-6-17-14(10-15)7-8-19-17/h5-8,10-11,19H,9H2,1-4H3,(H,20,23)/t11-/m0/s1. The van der Waals surface area contributed by atoms with E-state index in [9.17, 15) is 4.79 Å². The first-order valence-corrected chi connectivity index (χ1v) is 7.83. The summed E-state index contributed by atoms with van der Waals surface area (Å²) in [6.07, 6.45) is 2.66. The molecule has 5 heteroatoms. The Morgan fingerprint density at radius 3 is 2.83 bits per heavy atom. The highest BCUT2D eigenvalue weighted by Crippen LogP contribution is 2.16. The molecule has 1 atom stereocenters. The minimum absolute atomic E-state index is 0.0419. The normalized spacial score (nSPS) is 12.5. The Labute approximate surface area is 135 Å². The Morgan fingerprint density at radius 2 is 2.13 bits per heavy atom. The number of carbonyl (C=O) groups is 1. The molecule has 0 fully saturated rings. The lowest BCUT2D eigenvalue weighted by Crippen LogP contribution is -2.34. The van der Waals surface area contributed by atoms with Crippen molar-refractivity contribution in [1.29, 1.82) is 0 Å². The lowest BCUT2D eigenvalue weighted by Gasteiger charge is -2.14. The molecule has 0 unspecified atom stereocenters. The van der Waals surface area contributed by atoms with Crippen LogP contribution in [0.15, 0.2) is 30.5 Å². The van der Waals surface area contributed by atoms with Crippen LogP contribution in [-0.2, 0) is 13.5 Å². The van der Waals surface area contributed by atoms with Crippen molar-refractivity contribution in [3.05, 3.63) is 53.0 Å². The Balaban J connectivity index is 1.71. The second kappa shape index (κ2) is 5.91. The number of carbonyl (C=O) groups excluding carboxylic acids is 1. The van der Waals surface area contributed by atoms with Crippen LogP contribution in [0, 0.1) is 13.8 Å². The van der Waals surface area contributed by atoms with Crippen LogP contribution < -0.4 is 5.32 Å². The van der Waals surface area contributed by atoms with Gasteiger partial charge in [0.2, 0.25) is 0 Å². The maximum Gasteiger partial charge on any atom is 0.251 e. The van der Waals surface area contributed by atoms with Crippen LogP contribution in [0.2, 0.25) is 0 Å². The first-order valence-electron chi connectivity index (χ1n) is 7.83. The summed E-state index contributed by atoms with van der Waals surface area (Å²) < 4.78 is 1.89. The molecule has 0 spiro atoms. The molecule has 0 radical (unpaired) electrons. The van der Waals surface area contributed by atoms with Gasteiger partial charge in [-0.05, 0) is 57.0 Å². The van der Waals surface area contributed by atoms with Gasteiger partial charge in [0.05, 0.1) is 5.69 Å². The van der Waals surface area contributed by atoms with Gasteiger partial charge in [0.1, 0.15) is 0 Å². The molecule has 120 valence electrons. The summed E-state index contributed by atoms with van der Waals surface area (Å²) in [6, 6.07) is 7.71. The molecule has 0 saturated carbocycles. The molecule has 2 N–H and O–H groups in total. The molecule has 3 rings (SSSR count). The van der Waals surface area contributed by atoms with Crippen molar-refractivity contribution in [3.8, 4) is 0 Å². The van der Waals surface area contributed by atoms with E-state index in [1.807, 2.05) is 56.0 Å². The van der Waals surface area contributed by atoms with E-state index in [-0.39, 0.29) is 11.9 Å². The van der Waals surface area contributed by atoms with Gasteiger partial charge in [-0.3, -0.25) is 9.48 Å². The van der Waals surface area contributed by atoms with Crippen LogP contribution >= 0.6 is 0 Å². The van der Waals surface area contributed by atoms with E-state index in [2.05, 4.69) is 22.3 Å². The maximum atomic E-state index is 12.4. The number of hydrogen-bond acceptors (Lipinski definition) is 2. The SMILES string of the molecule is Cc1nn(C)c(C)c1C[C@H](C)NC(=O)c1ccc2[nH]ccc2c1. The van der Waals surface area contributed by atoms with Gasteiger partial charge in [-0.25, -0.2) is 0 Å². The van der Waals surface area contributed by atoms with Crippen LogP contribution in [-0.4, -0.2) is 26.7 Å². The van der Waals surface area contributed by atoms with Gasteiger partial charge in [0.15, 0.2) is 0 Å². The zero-order valence-electron chi connectivity index (χ0n) is 14.0. The molecule has 23 heavy (non-hydrogen) atoms. The Bertz CT molecular complexity index is 859. The minimum Gasteiger partial charge on any atom is -0.361 e. The molecule has 0 aliphatic carbocycles. The van der Waals surface area contributed by atoms with Crippen LogP contribution in [0.25, 0.3) is 10.9 Å². The van der Waals surface area contributed by atoms with Crippen LogP contribution in [0.3, 0.4) is 0 Å². The maximum absolute atomic E-state index is 12.4. The van der Waals surface area contributed by atoms with Gasteiger partial charge in [-0.2, -0.15) is 5.10 Å². The predicted octanol–water partition coefficient (Wildman–Crippen LogP) is 2.88. The number of H-pyrrole nitrogens is 1. The van der Waals surface area contributed by atoms with Gasteiger partial charge in [-0.1, -0.05) is 0 Å². The quantitative estimate of drug-likeness (QED) is 0.778. The average Bonchev–Trinajstić information content (AvgIpc) is 3.06. The average molecular weight is 310 g/mol.